The predicted molar refractivity (Wildman–Crippen MR) is 81.2 cm³/mol. The molecule has 0 aliphatic heterocycles. The molecule has 104 valence electrons. The highest BCUT2D eigenvalue weighted by Gasteiger charge is 2.11. The molecule has 0 radical (unpaired) electrons. The molecule has 4 N–H and O–H groups in total. The number of anilines is 3. The number of para-hydroxylation sites is 2. The lowest BCUT2D eigenvalue weighted by molar-refractivity contribution is 0.102. The van der Waals surface area contributed by atoms with E-state index in [-0.39, 0.29) is 11.7 Å². The van der Waals surface area contributed by atoms with Crippen molar-refractivity contribution in [3.05, 3.63) is 48.0 Å². The number of phenolic OH excluding ortho intramolecular Hbond substituents is 1. The van der Waals surface area contributed by atoms with E-state index in [1.807, 2.05) is 19.0 Å². The summed E-state index contributed by atoms with van der Waals surface area (Å²) in [4.78, 5) is 14.0. The molecule has 2 rings (SSSR count). The Hall–Kier alpha value is -2.69. The molecule has 0 heterocycles. The number of nitrogens with one attached hydrogen (secondary N) is 1. The van der Waals surface area contributed by atoms with Crippen LogP contribution in [0.25, 0.3) is 0 Å². The maximum atomic E-state index is 12.1. The fourth-order valence-electron chi connectivity index (χ4n) is 1.88. The molecule has 5 heteroatoms. The number of nitrogens with two attached hydrogens (primary N) is 1. The molecule has 0 aliphatic carbocycles. The largest absolute Gasteiger partial charge is 0.506 e. The number of phenols is 1. The van der Waals surface area contributed by atoms with E-state index in [1.165, 1.54) is 6.07 Å². The van der Waals surface area contributed by atoms with Crippen LogP contribution < -0.4 is 16.0 Å². The summed E-state index contributed by atoms with van der Waals surface area (Å²) < 4.78 is 0. The Morgan fingerprint density at radius 3 is 2.50 bits per heavy atom. The van der Waals surface area contributed by atoms with Gasteiger partial charge in [0.25, 0.3) is 5.91 Å². The van der Waals surface area contributed by atoms with Crippen molar-refractivity contribution in [2.24, 2.45) is 0 Å². The SMILES string of the molecule is CN(C)c1ccc(C(=O)Nc2ccccc2O)cc1N. The van der Waals surface area contributed by atoms with Crippen molar-refractivity contribution < 1.29 is 9.90 Å². The molecule has 20 heavy (non-hydrogen) atoms. The summed E-state index contributed by atoms with van der Waals surface area (Å²) in [6, 6.07) is 11.7. The molecule has 0 spiro atoms. The topological polar surface area (TPSA) is 78.6 Å². The molecule has 0 unspecified atom stereocenters. The minimum absolute atomic E-state index is 0.0266. The van der Waals surface area contributed by atoms with Crippen molar-refractivity contribution in [3.63, 3.8) is 0 Å². The lowest BCUT2D eigenvalue weighted by atomic mass is 10.1. The van der Waals surface area contributed by atoms with Gasteiger partial charge in [0.2, 0.25) is 0 Å². The summed E-state index contributed by atoms with van der Waals surface area (Å²) in [5.74, 6) is -0.290. The Balaban J connectivity index is 2.22. The van der Waals surface area contributed by atoms with Gasteiger partial charge in [-0.2, -0.15) is 0 Å². The Bertz CT molecular complexity index is 639. The maximum absolute atomic E-state index is 12.1. The zero-order valence-corrected chi connectivity index (χ0v) is 11.4. The highest BCUT2D eigenvalue weighted by molar-refractivity contribution is 6.06. The fourth-order valence-corrected chi connectivity index (χ4v) is 1.88. The molecular weight excluding hydrogens is 254 g/mol. The summed E-state index contributed by atoms with van der Waals surface area (Å²) in [5, 5.41) is 12.3. The molecule has 2 aromatic rings. The van der Waals surface area contributed by atoms with Crippen LogP contribution in [0.2, 0.25) is 0 Å². The van der Waals surface area contributed by atoms with Crippen molar-refractivity contribution >= 4 is 23.0 Å². The second kappa shape index (κ2) is 5.52. The molecule has 5 nitrogen and oxygen atoms in total. The fraction of sp³-hybridized carbons (Fsp3) is 0.133. The van der Waals surface area contributed by atoms with Gasteiger partial charge in [0.1, 0.15) is 5.75 Å². The molecule has 0 bridgehead atoms. The first-order valence-corrected chi connectivity index (χ1v) is 6.15. The highest BCUT2D eigenvalue weighted by Crippen LogP contribution is 2.25. The van der Waals surface area contributed by atoms with Crippen LogP contribution in [0.4, 0.5) is 17.1 Å². The van der Waals surface area contributed by atoms with Crippen LogP contribution in [-0.2, 0) is 0 Å². The summed E-state index contributed by atoms with van der Waals surface area (Å²) in [6.45, 7) is 0. The second-order valence-corrected chi connectivity index (χ2v) is 4.64. The van der Waals surface area contributed by atoms with E-state index in [0.29, 0.717) is 16.9 Å². The smallest absolute Gasteiger partial charge is 0.255 e. The van der Waals surface area contributed by atoms with Crippen molar-refractivity contribution in [2.45, 2.75) is 0 Å². The lowest BCUT2D eigenvalue weighted by Gasteiger charge is -2.16. The second-order valence-electron chi connectivity index (χ2n) is 4.64. The monoisotopic (exact) mass is 271 g/mol. The molecule has 0 aromatic heterocycles. The number of carbonyl (C=O) groups excluding carboxylic acids is 1. The van der Waals surface area contributed by atoms with Crippen molar-refractivity contribution in [1.29, 1.82) is 0 Å². The number of nitrogen functional groups attached to an aromatic ring is 1. The molecule has 0 aliphatic rings. The number of carbonyl (C=O) groups is 1. The standard InChI is InChI=1S/C15H17N3O2/c1-18(2)13-8-7-10(9-11(13)16)15(20)17-12-5-3-4-6-14(12)19/h3-9,19H,16H2,1-2H3,(H,17,20). The van der Waals surface area contributed by atoms with Gasteiger partial charge in [-0.15, -0.1) is 0 Å². The van der Waals surface area contributed by atoms with Crippen LogP contribution in [0.5, 0.6) is 5.75 Å². The number of aromatic hydroxyl groups is 1. The zero-order chi connectivity index (χ0) is 14.7. The summed E-state index contributed by atoms with van der Waals surface area (Å²) in [5.41, 5.74) is 8.10. The van der Waals surface area contributed by atoms with E-state index in [2.05, 4.69) is 5.32 Å². The number of rotatable bonds is 3. The maximum Gasteiger partial charge on any atom is 0.255 e. The molecule has 0 atom stereocenters. The average Bonchev–Trinajstić information content (AvgIpc) is 2.40. The highest BCUT2D eigenvalue weighted by atomic mass is 16.3. The van der Waals surface area contributed by atoms with E-state index in [0.717, 1.165) is 5.69 Å². The van der Waals surface area contributed by atoms with Gasteiger partial charge in [0.15, 0.2) is 0 Å². The van der Waals surface area contributed by atoms with Crippen LogP contribution in [0, 0.1) is 0 Å². The van der Waals surface area contributed by atoms with Gasteiger partial charge in [-0.1, -0.05) is 12.1 Å². The minimum Gasteiger partial charge on any atom is -0.506 e. The predicted octanol–water partition coefficient (Wildman–Crippen LogP) is 2.29. The van der Waals surface area contributed by atoms with E-state index < -0.39 is 0 Å². The van der Waals surface area contributed by atoms with E-state index >= 15 is 0 Å². The van der Waals surface area contributed by atoms with E-state index in [4.69, 9.17) is 5.73 Å². The quantitative estimate of drug-likeness (QED) is 0.591. The van der Waals surface area contributed by atoms with Crippen LogP contribution in [-0.4, -0.2) is 25.1 Å². The van der Waals surface area contributed by atoms with Crippen molar-refractivity contribution in [1.82, 2.24) is 0 Å². The lowest BCUT2D eigenvalue weighted by Crippen LogP contribution is -2.15. The van der Waals surface area contributed by atoms with Gasteiger partial charge in [-0.05, 0) is 30.3 Å². The number of amides is 1. The minimum atomic E-state index is -0.316. The van der Waals surface area contributed by atoms with Crippen molar-refractivity contribution in [2.75, 3.05) is 30.0 Å². The first-order valence-electron chi connectivity index (χ1n) is 6.15. The molecule has 0 saturated heterocycles. The third-order valence-corrected chi connectivity index (χ3v) is 2.92. The van der Waals surface area contributed by atoms with Crippen LogP contribution in [0.3, 0.4) is 0 Å². The number of hydrogen-bond donors (Lipinski definition) is 3. The normalized spacial score (nSPS) is 10.1. The number of nitrogens with zero attached hydrogens (tertiary/aromatic N) is 1. The Morgan fingerprint density at radius 2 is 1.90 bits per heavy atom. The molecule has 0 fully saturated rings. The Labute approximate surface area is 117 Å². The summed E-state index contributed by atoms with van der Waals surface area (Å²) in [6.07, 6.45) is 0. The third kappa shape index (κ3) is 2.83. The number of hydrogen-bond acceptors (Lipinski definition) is 4. The average molecular weight is 271 g/mol. The van der Waals surface area contributed by atoms with Crippen molar-refractivity contribution in [3.8, 4) is 5.75 Å². The first kappa shape index (κ1) is 13.7. The zero-order valence-electron chi connectivity index (χ0n) is 11.4. The number of benzene rings is 2. The van der Waals surface area contributed by atoms with Gasteiger partial charge in [-0.3, -0.25) is 4.79 Å². The van der Waals surface area contributed by atoms with Gasteiger partial charge in [0.05, 0.1) is 17.1 Å². The first-order chi connectivity index (χ1) is 9.49. The van der Waals surface area contributed by atoms with Gasteiger partial charge in [-0.25, -0.2) is 0 Å². The van der Waals surface area contributed by atoms with Gasteiger partial charge < -0.3 is 21.1 Å². The molecule has 1 amide bonds. The van der Waals surface area contributed by atoms with Crippen LogP contribution in [0.1, 0.15) is 10.4 Å². The third-order valence-electron chi connectivity index (χ3n) is 2.92. The molecule has 2 aromatic carbocycles. The Kier molecular flexibility index (Phi) is 3.79. The summed E-state index contributed by atoms with van der Waals surface area (Å²) >= 11 is 0. The Morgan fingerprint density at radius 1 is 1.20 bits per heavy atom. The molecule has 0 saturated carbocycles. The van der Waals surface area contributed by atoms with E-state index in [9.17, 15) is 9.90 Å². The van der Waals surface area contributed by atoms with Gasteiger partial charge in [0, 0.05) is 19.7 Å². The van der Waals surface area contributed by atoms with Gasteiger partial charge >= 0.3 is 0 Å². The molecular formula is C15H17N3O2. The van der Waals surface area contributed by atoms with E-state index in [1.54, 1.807) is 36.4 Å². The summed E-state index contributed by atoms with van der Waals surface area (Å²) in [7, 11) is 3.76. The van der Waals surface area contributed by atoms with Crippen LogP contribution >= 0.6 is 0 Å². The van der Waals surface area contributed by atoms with Crippen LogP contribution in [0.15, 0.2) is 42.5 Å².